The molecule has 0 radical (unpaired) electrons. The van der Waals surface area contributed by atoms with Gasteiger partial charge in [0.1, 0.15) is 6.26 Å². The fourth-order valence-electron chi connectivity index (χ4n) is 1.50. The van der Waals surface area contributed by atoms with E-state index in [0.29, 0.717) is 17.7 Å². The highest BCUT2D eigenvalue weighted by atomic mass is 16.3. The van der Waals surface area contributed by atoms with E-state index in [4.69, 9.17) is 10.2 Å². The first-order chi connectivity index (χ1) is 7.22. The van der Waals surface area contributed by atoms with Crippen LogP contribution in [0.4, 0.5) is 0 Å². The number of aryl methyl sites for hydroxylation is 1. The van der Waals surface area contributed by atoms with Crippen LogP contribution in [0, 0.1) is 0 Å². The fraction of sp³-hybridized carbons (Fsp3) is 0.182. The monoisotopic (exact) mass is 204 g/mol. The molecule has 4 heteroatoms. The molecule has 0 saturated carbocycles. The highest BCUT2D eigenvalue weighted by Crippen LogP contribution is 2.13. The minimum Gasteiger partial charge on any atom is -0.472 e. The van der Waals surface area contributed by atoms with Gasteiger partial charge in [-0.15, -0.1) is 0 Å². The zero-order chi connectivity index (χ0) is 10.8. The lowest BCUT2D eigenvalue weighted by Crippen LogP contribution is -2.01. The first-order valence-electron chi connectivity index (χ1n) is 4.64. The van der Waals surface area contributed by atoms with Gasteiger partial charge >= 0.3 is 0 Å². The van der Waals surface area contributed by atoms with Crippen LogP contribution in [0.25, 0.3) is 0 Å². The summed E-state index contributed by atoms with van der Waals surface area (Å²) in [5.74, 6) is -0.0425. The minimum atomic E-state index is -0.0425. The Kier molecular flexibility index (Phi) is 2.43. The van der Waals surface area contributed by atoms with E-state index in [2.05, 4.69) is 0 Å². The van der Waals surface area contributed by atoms with Crippen molar-refractivity contribution in [2.75, 3.05) is 0 Å². The number of ketones is 1. The van der Waals surface area contributed by atoms with Gasteiger partial charge in [0, 0.05) is 31.0 Å². The molecule has 2 aromatic rings. The Hall–Kier alpha value is -1.81. The van der Waals surface area contributed by atoms with Crippen molar-refractivity contribution in [2.45, 2.75) is 6.54 Å². The van der Waals surface area contributed by atoms with Gasteiger partial charge in [-0.2, -0.15) is 0 Å². The summed E-state index contributed by atoms with van der Waals surface area (Å²) >= 11 is 0. The lowest BCUT2D eigenvalue weighted by atomic mass is 10.1. The fourth-order valence-corrected chi connectivity index (χ4v) is 1.50. The molecule has 2 N–H and O–H groups in total. The molecule has 15 heavy (non-hydrogen) atoms. The van der Waals surface area contributed by atoms with Crippen LogP contribution < -0.4 is 5.73 Å². The molecular weight excluding hydrogens is 192 g/mol. The van der Waals surface area contributed by atoms with Crippen LogP contribution in [-0.2, 0) is 13.6 Å². The maximum Gasteiger partial charge on any atom is 0.197 e. The normalized spacial score (nSPS) is 10.5. The maximum atomic E-state index is 11.9. The molecule has 0 unspecified atom stereocenters. The largest absolute Gasteiger partial charge is 0.472 e. The van der Waals surface area contributed by atoms with Crippen molar-refractivity contribution in [1.82, 2.24) is 4.57 Å². The zero-order valence-electron chi connectivity index (χ0n) is 8.43. The van der Waals surface area contributed by atoms with Crippen molar-refractivity contribution in [1.29, 1.82) is 0 Å². The van der Waals surface area contributed by atoms with Gasteiger partial charge in [-0.05, 0) is 12.1 Å². The molecule has 0 aliphatic heterocycles. The van der Waals surface area contributed by atoms with Crippen molar-refractivity contribution < 1.29 is 9.21 Å². The minimum absolute atomic E-state index is 0.0425. The predicted molar refractivity (Wildman–Crippen MR) is 55.4 cm³/mol. The van der Waals surface area contributed by atoms with Gasteiger partial charge in [0.2, 0.25) is 0 Å². The predicted octanol–water partition coefficient (Wildman–Crippen LogP) is 1.31. The van der Waals surface area contributed by atoms with Crippen molar-refractivity contribution in [3.63, 3.8) is 0 Å². The van der Waals surface area contributed by atoms with Gasteiger partial charge in [0.05, 0.1) is 11.8 Å². The van der Waals surface area contributed by atoms with E-state index in [1.807, 2.05) is 11.6 Å². The van der Waals surface area contributed by atoms with Crippen molar-refractivity contribution >= 4 is 5.78 Å². The number of aromatic nitrogens is 1. The molecule has 2 aromatic heterocycles. The maximum absolute atomic E-state index is 11.9. The second-order valence-corrected chi connectivity index (χ2v) is 3.38. The molecular formula is C11H12N2O2. The standard InChI is InChI=1S/C11H12N2O2/c1-13-6-9(4-10(13)5-12)11(14)8-2-3-15-7-8/h2-4,6-7H,5,12H2,1H3. The van der Waals surface area contributed by atoms with E-state index in [1.54, 1.807) is 18.3 Å². The number of nitrogens with zero attached hydrogens (tertiary/aromatic N) is 1. The van der Waals surface area contributed by atoms with Crippen molar-refractivity contribution in [3.8, 4) is 0 Å². The van der Waals surface area contributed by atoms with Gasteiger partial charge in [-0.25, -0.2) is 0 Å². The SMILES string of the molecule is Cn1cc(C(=O)c2ccoc2)cc1CN. The highest BCUT2D eigenvalue weighted by molar-refractivity contribution is 6.08. The molecule has 78 valence electrons. The molecule has 0 fully saturated rings. The van der Waals surface area contributed by atoms with Gasteiger partial charge in [-0.1, -0.05) is 0 Å². The summed E-state index contributed by atoms with van der Waals surface area (Å²) in [4.78, 5) is 11.9. The van der Waals surface area contributed by atoms with Crippen LogP contribution >= 0.6 is 0 Å². The molecule has 0 aliphatic carbocycles. The number of hydrogen-bond acceptors (Lipinski definition) is 3. The van der Waals surface area contributed by atoms with Crippen LogP contribution in [0.1, 0.15) is 21.6 Å². The van der Waals surface area contributed by atoms with E-state index in [9.17, 15) is 4.79 Å². The molecule has 0 saturated heterocycles. The summed E-state index contributed by atoms with van der Waals surface area (Å²) in [7, 11) is 1.87. The van der Waals surface area contributed by atoms with Crippen LogP contribution in [0.2, 0.25) is 0 Å². The van der Waals surface area contributed by atoms with Gasteiger partial charge in [0.15, 0.2) is 5.78 Å². The number of hydrogen-bond donors (Lipinski definition) is 1. The molecule has 2 heterocycles. The second-order valence-electron chi connectivity index (χ2n) is 3.38. The van der Waals surface area contributed by atoms with Gasteiger partial charge in [0.25, 0.3) is 0 Å². The zero-order valence-corrected chi connectivity index (χ0v) is 8.43. The summed E-state index contributed by atoms with van der Waals surface area (Å²) < 4.78 is 6.72. The van der Waals surface area contributed by atoms with Gasteiger partial charge < -0.3 is 14.7 Å². The average molecular weight is 204 g/mol. The first kappa shape index (κ1) is 9.73. The van der Waals surface area contributed by atoms with E-state index in [0.717, 1.165) is 5.69 Å². The van der Waals surface area contributed by atoms with E-state index >= 15 is 0 Å². The first-order valence-corrected chi connectivity index (χ1v) is 4.64. The Morgan fingerprint density at radius 3 is 2.87 bits per heavy atom. The smallest absolute Gasteiger partial charge is 0.197 e. The highest BCUT2D eigenvalue weighted by Gasteiger charge is 2.13. The Morgan fingerprint density at radius 2 is 2.33 bits per heavy atom. The molecule has 2 rings (SSSR count). The number of carbonyl (C=O) groups is 1. The van der Waals surface area contributed by atoms with E-state index in [-0.39, 0.29) is 5.78 Å². The number of carbonyl (C=O) groups excluding carboxylic acids is 1. The molecule has 0 spiro atoms. The second kappa shape index (κ2) is 3.74. The number of rotatable bonds is 3. The number of furan rings is 1. The third kappa shape index (κ3) is 1.71. The van der Waals surface area contributed by atoms with Gasteiger partial charge in [-0.3, -0.25) is 4.79 Å². The quantitative estimate of drug-likeness (QED) is 0.767. The molecule has 0 atom stereocenters. The lowest BCUT2D eigenvalue weighted by Gasteiger charge is -1.95. The lowest BCUT2D eigenvalue weighted by molar-refractivity contribution is 0.103. The summed E-state index contributed by atoms with van der Waals surface area (Å²) in [6.45, 7) is 0.426. The molecule has 4 nitrogen and oxygen atoms in total. The number of nitrogens with two attached hydrogens (primary N) is 1. The average Bonchev–Trinajstić information content (AvgIpc) is 2.85. The summed E-state index contributed by atoms with van der Waals surface area (Å²) in [5, 5.41) is 0. The Balaban J connectivity index is 2.34. The molecule has 0 amide bonds. The van der Waals surface area contributed by atoms with Crippen LogP contribution in [0.15, 0.2) is 35.3 Å². The van der Waals surface area contributed by atoms with Crippen LogP contribution in [0.3, 0.4) is 0 Å². The third-order valence-electron chi connectivity index (χ3n) is 2.36. The van der Waals surface area contributed by atoms with Crippen LogP contribution in [0.5, 0.6) is 0 Å². The summed E-state index contributed by atoms with van der Waals surface area (Å²) in [5.41, 5.74) is 7.66. The van der Waals surface area contributed by atoms with Crippen LogP contribution in [-0.4, -0.2) is 10.4 Å². The summed E-state index contributed by atoms with van der Waals surface area (Å²) in [6, 6.07) is 3.45. The topological polar surface area (TPSA) is 61.2 Å². The van der Waals surface area contributed by atoms with Crippen molar-refractivity contribution in [2.24, 2.45) is 12.8 Å². The molecule has 0 bridgehead atoms. The summed E-state index contributed by atoms with van der Waals surface area (Å²) in [6.07, 6.45) is 4.70. The van der Waals surface area contributed by atoms with E-state index < -0.39 is 0 Å². The third-order valence-corrected chi connectivity index (χ3v) is 2.36. The molecule has 0 aromatic carbocycles. The molecule has 0 aliphatic rings. The Bertz CT molecular complexity index is 469. The Morgan fingerprint density at radius 1 is 1.53 bits per heavy atom. The Labute approximate surface area is 87.3 Å². The van der Waals surface area contributed by atoms with Crippen molar-refractivity contribution in [3.05, 3.63) is 47.7 Å². The van der Waals surface area contributed by atoms with E-state index in [1.165, 1.54) is 12.5 Å².